The van der Waals surface area contributed by atoms with Gasteiger partial charge in [0, 0.05) is 5.39 Å². The second kappa shape index (κ2) is 4.22. The first kappa shape index (κ1) is 11.1. The molecular weight excluding hydrogens is 198 g/mol. The third-order valence-electron chi connectivity index (χ3n) is 2.96. The highest BCUT2D eigenvalue weighted by Crippen LogP contribution is 2.23. The van der Waals surface area contributed by atoms with Crippen molar-refractivity contribution in [3.8, 4) is 0 Å². The van der Waals surface area contributed by atoms with Crippen LogP contribution in [0.3, 0.4) is 0 Å². The van der Waals surface area contributed by atoms with Gasteiger partial charge in [-0.1, -0.05) is 25.1 Å². The lowest BCUT2D eigenvalue weighted by atomic mass is 10.0. The van der Waals surface area contributed by atoms with Gasteiger partial charge in [0.25, 0.3) is 0 Å². The maximum atomic E-state index is 9.61. The van der Waals surface area contributed by atoms with E-state index in [9.17, 15) is 5.11 Å². The molecule has 1 N–H and O–H groups in total. The van der Waals surface area contributed by atoms with Crippen molar-refractivity contribution in [3.05, 3.63) is 41.1 Å². The van der Waals surface area contributed by atoms with E-state index in [2.05, 4.69) is 37.0 Å². The molecule has 1 unspecified atom stereocenters. The minimum absolute atomic E-state index is 0.506. The van der Waals surface area contributed by atoms with E-state index in [1.54, 1.807) is 6.92 Å². The van der Waals surface area contributed by atoms with Gasteiger partial charge in [-0.3, -0.25) is 0 Å². The van der Waals surface area contributed by atoms with Gasteiger partial charge in [-0.15, -0.1) is 0 Å². The van der Waals surface area contributed by atoms with Gasteiger partial charge in [-0.2, -0.15) is 0 Å². The summed E-state index contributed by atoms with van der Waals surface area (Å²) in [6, 6.07) is 8.22. The number of fused-ring (bicyclic) bond motifs is 1. The van der Waals surface area contributed by atoms with Crippen LogP contribution < -0.4 is 0 Å². The molecule has 0 aliphatic carbocycles. The van der Waals surface area contributed by atoms with Crippen LogP contribution >= 0.6 is 0 Å². The highest BCUT2D eigenvalue weighted by Gasteiger charge is 2.08. The van der Waals surface area contributed by atoms with Crippen LogP contribution in [0.15, 0.2) is 24.3 Å². The van der Waals surface area contributed by atoms with Crippen molar-refractivity contribution >= 4 is 10.9 Å². The average Bonchev–Trinajstić information content (AvgIpc) is 2.28. The second-order valence-electron chi connectivity index (χ2n) is 4.21. The van der Waals surface area contributed by atoms with Gasteiger partial charge in [0.2, 0.25) is 0 Å². The fourth-order valence-electron chi connectivity index (χ4n) is 2.00. The van der Waals surface area contributed by atoms with E-state index < -0.39 is 6.10 Å². The molecule has 2 nitrogen and oxygen atoms in total. The van der Waals surface area contributed by atoms with Gasteiger partial charge >= 0.3 is 0 Å². The predicted octanol–water partition coefficient (Wildman–Crippen LogP) is 3.16. The molecule has 0 saturated heterocycles. The molecule has 1 heterocycles. The summed E-state index contributed by atoms with van der Waals surface area (Å²) < 4.78 is 0. The van der Waals surface area contributed by atoms with Crippen molar-refractivity contribution in [1.29, 1.82) is 0 Å². The molecule has 0 radical (unpaired) electrons. The normalized spacial score (nSPS) is 13.0. The number of rotatable bonds is 2. The second-order valence-corrected chi connectivity index (χ2v) is 4.21. The number of benzene rings is 1. The van der Waals surface area contributed by atoms with Crippen LogP contribution in [0.1, 0.15) is 36.8 Å². The summed E-state index contributed by atoms with van der Waals surface area (Å²) >= 11 is 0. The first-order valence-electron chi connectivity index (χ1n) is 5.70. The zero-order chi connectivity index (χ0) is 11.7. The van der Waals surface area contributed by atoms with Crippen molar-refractivity contribution in [1.82, 2.24) is 4.98 Å². The summed E-state index contributed by atoms with van der Waals surface area (Å²) in [4.78, 5) is 4.56. The Balaban J connectivity index is 2.77. The molecule has 0 amide bonds. The number of hydrogen-bond donors (Lipinski definition) is 1. The molecule has 1 aromatic heterocycles. The minimum atomic E-state index is -0.506. The predicted molar refractivity (Wildman–Crippen MR) is 66.5 cm³/mol. The summed E-state index contributed by atoms with van der Waals surface area (Å²) in [5.74, 6) is 0. The molecule has 0 aliphatic heterocycles. The van der Waals surface area contributed by atoms with Crippen LogP contribution in [0.2, 0.25) is 0 Å². The lowest BCUT2D eigenvalue weighted by Gasteiger charge is -2.10. The molecule has 0 aliphatic rings. The monoisotopic (exact) mass is 215 g/mol. The first-order chi connectivity index (χ1) is 7.63. The van der Waals surface area contributed by atoms with Crippen molar-refractivity contribution in [2.24, 2.45) is 0 Å². The van der Waals surface area contributed by atoms with E-state index in [4.69, 9.17) is 0 Å². The topological polar surface area (TPSA) is 33.1 Å². The quantitative estimate of drug-likeness (QED) is 0.834. The molecular formula is C14H17NO. The number of pyridine rings is 1. The van der Waals surface area contributed by atoms with Gasteiger partial charge < -0.3 is 5.11 Å². The Bertz CT molecular complexity index is 517. The Labute approximate surface area is 96.0 Å². The Morgan fingerprint density at radius 2 is 2.12 bits per heavy atom. The fourth-order valence-corrected chi connectivity index (χ4v) is 2.00. The number of nitrogens with zero attached hydrogens (tertiary/aromatic N) is 1. The molecule has 0 spiro atoms. The van der Waals surface area contributed by atoms with Gasteiger partial charge in [-0.25, -0.2) is 4.98 Å². The van der Waals surface area contributed by atoms with Crippen LogP contribution in [-0.2, 0) is 6.42 Å². The van der Waals surface area contributed by atoms with Gasteiger partial charge in [0.1, 0.15) is 0 Å². The van der Waals surface area contributed by atoms with Crippen LogP contribution in [-0.4, -0.2) is 10.1 Å². The fraction of sp³-hybridized carbons (Fsp3) is 0.357. The van der Waals surface area contributed by atoms with Crippen molar-refractivity contribution in [2.45, 2.75) is 33.3 Å². The van der Waals surface area contributed by atoms with Crippen LogP contribution in [0.25, 0.3) is 10.9 Å². The molecule has 0 saturated carbocycles. The van der Waals surface area contributed by atoms with Gasteiger partial charge in [-0.05, 0) is 37.5 Å². The third-order valence-corrected chi connectivity index (χ3v) is 2.96. The maximum Gasteiger partial charge on any atom is 0.0932 e. The van der Waals surface area contributed by atoms with Crippen LogP contribution in [0, 0.1) is 6.92 Å². The SMILES string of the molecule is CCc1cccc2c(C)cc(C(C)O)nc12. The Morgan fingerprint density at radius 3 is 2.75 bits per heavy atom. The summed E-state index contributed by atoms with van der Waals surface area (Å²) in [6.45, 7) is 5.94. The highest BCUT2D eigenvalue weighted by atomic mass is 16.3. The lowest BCUT2D eigenvalue weighted by Crippen LogP contribution is -1.99. The highest BCUT2D eigenvalue weighted by molar-refractivity contribution is 5.85. The molecule has 2 aromatic rings. The number of aliphatic hydroxyl groups excluding tert-OH is 1. The first-order valence-corrected chi connectivity index (χ1v) is 5.70. The smallest absolute Gasteiger partial charge is 0.0932 e. The van der Waals surface area contributed by atoms with E-state index >= 15 is 0 Å². The van der Waals surface area contributed by atoms with E-state index in [0.717, 1.165) is 17.6 Å². The zero-order valence-electron chi connectivity index (χ0n) is 9.99. The molecule has 1 atom stereocenters. The van der Waals surface area contributed by atoms with Crippen molar-refractivity contribution in [2.75, 3.05) is 0 Å². The zero-order valence-corrected chi connectivity index (χ0v) is 9.99. The Morgan fingerprint density at radius 1 is 1.38 bits per heavy atom. The Kier molecular flexibility index (Phi) is 2.92. The number of aromatic nitrogens is 1. The summed E-state index contributed by atoms with van der Waals surface area (Å²) in [6.07, 6.45) is 0.459. The van der Waals surface area contributed by atoms with E-state index in [0.29, 0.717) is 0 Å². The molecule has 0 bridgehead atoms. The van der Waals surface area contributed by atoms with Crippen LogP contribution in [0.5, 0.6) is 0 Å². The number of para-hydroxylation sites is 1. The molecule has 84 valence electrons. The molecule has 2 heteroatoms. The van der Waals surface area contributed by atoms with E-state index in [1.807, 2.05) is 6.07 Å². The van der Waals surface area contributed by atoms with Crippen molar-refractivity contribution in [3.63, 3.8) is 0 Å². The van der Waals surface area contributed by atoms with E-state index in [1.165, 1.54) is 16.5 Å². The van der Waals surface area contributed by atoms with Crippen molar-refractivity contribution < 1.29 is 5.11 Å². The summed E-state index contributed by atoms with van der Waals surface area (Å²) in [5, 5.41) is 10.8. The largest absolute Gasteiger partial charge is 0.387 e. The Hall–Kier alpha value is -1.41. The molecule has 16 heavy (non-hydrogen) atoms. The minimum Gasteiger partial charge on any atom is -0.387 e. The average molecular weight is 215 g/mol. The van der Waals surface area contributed by atoms with Gasteiger partial charge in [0.15, 0.2) is 0 Å². The van der Waals surface area contributed by atoms with Gasteiger partial charge in [0.05, 0.1) is 17.3 Å². The third kappa shape index (κ3) is 1.81. The lowest BCUT2D eigenvalue weighted by molar-refractivity contribution is 0.194. The summed E-state index contributed by atoms with van der Waals surface area (Å²) in [5.41, 5.74) is 4.20. The summed E-state index contributed by atoms with van der Waals surface area (Å²) in [7, 11) is 0. The number of aliphatic hydroxyl groups is 1. The molecule has 2 rings (SSSR count). The van der Waals surface area contributed by atoms with Crippen LogP contribution in [0.4, 0.5) is 0 Å². The standard InChI is InChI=1S/C14H17NO/c1-4-11-6-5-7-12-9(2)8-13(10(3)16)15-14(11)12/h5-8,10,16H,4H2,1-3H3. The number of hydrogen-bond acceptors (Lipinski definition) is 2. The van der Waals surface area contributed by atoms with E-state index in [-0.39, 0.29) is 0 Å². The molecule has 0 fully saturated rings. The molecule has 1 aromatic carbocycles. The number of aryl methyl sites for hydroxylation is 2. The maximum absolute atomic E-state index is 9.61.